The summed E-state index contributed by atoms with van der Waals surface area (Å²) in [5.41, 5.74) is 5.90. The SMILES string of the molecule is Cc1ccccc1-c1ccccc1-c1ccc(=O)n(CCSc2ccccc2)c1. The molecule has 3 aromatic carbocycles. The van der Waals surface area contributed by atoms with Crippen molar-refractivity contribution < 1.29 is 0 Å². The van der Waals surface area contributed by atoms with E-state index in [9.17, 15) is 4.79 Å². The molecule has 0 aliphatic carbocycles. The molecule has 0 saturated carbocycles. The monoisotopic (exact) mass is 397 g/mol. The van der Waals surface area contributed by atoms with Crippen molar-refractivity contribution in [1.82, 2.24) is 4.57 Å². The van der Waals surface area contributed by atoms with Gasteiger partial charge in [0.15, 0.2) is 0 Å². The Morgan fingerprint density at radius 1 is 0.724 bits per heavy atom. The molecule has 0 spiro atoms. The molecule has 0 aliphatic heterocycles. The summed E-state index contributed by atoms with van der Waals surface area (Å²) < 4.78 is 1.82. The number of aryl methyl sites for hydroxylation is 2. The zero-order chi connectivity index (χ0) is 20.1. The third-order valence-electron chi connectivity index (χ3n) is 5.00. The average Bonchev–Trinajstić information content (AvgIpc) is 2.76. The van der Waals surface area contributed by atoms with Crippen LogP contribution in [0.1, 0.15) is 5.56 Å². The molecule has 0 aliphatic rings. The fourth-order valence-corrected chi connectivity index (χ4v) is 4.36. The van der Waals surface area contributed by atoms with Gasteiger partial charge in [-0.1, -0.05) is 66.7 Å². The van der Waals surface area contributed by atoms with Crippen LogP contribution in [0.25, 0.3) is 22.3 Å². The molecule has 1 aromatic heterocycles. The fraction of sp³-hybridized carbons (Fsp3) is 0.115. The van der Waals surface area contributed by atoms with E-state index < -0.39 is 0 Å². The van der Waals surface area contributed by atoms with Crippen molar-refractivity contribution in [3.05, 3.63) is 113 Å². The van der Waals surface area contributed by atoms with Crippen LogP contribution < -0.4 is 5.56 Å². The molecule has 0 atom stereocenters. The minimum Gasteiger partial charge on any atom is -0.314 e. The molecule has 0 saturated heterocycles. The standard InChI is InChI=1S/C26H23NOS/c1-20-9-5-6-12-23(20)25-14-8-7-13-24(25)21-15-16-26(28)27(19-21)17-18-29-22-10-3-2-4-11-22/h2-16,19H,17-18H2,1H3. The van der Waals surface area contributed by atoms with Gasteiger partial charge in [-0.2, -0.15) is 0 Å². The molecule has 144 valence electrons. The second kappa shape index (κ2) is 8.97. The molecule has 0 bridgehead atoms. The lowest BCUT2D eigenvalue weighted by Gasteiger charge is -2.14. The highest BCUT2D eigenvalue weighted by Crippen LogP contribution is 2.33. The third-order valence-corrected chi connectivity index (χ3v) is 5.99. The number of hydrogen-bond donors (Lipinski definition) is 0. The Hall–Kier alpha value is -3.04. The van der Waals surface area contributed by atoms with E-state index in [0.717, 1.165) is 16.9 Å². The number of hydrogen-bond acceptors (Lipinski definition) is 2. The smallest absolute Gasteiger partial charge is 0.250 e. The van der Waals surface area contributed by atoms with E-state index >= 15 is 0 Å². The van der Waals surface area contributed by atoms with E-state index in [1.807, 2.05) is 35.0 Å². The lowest BCUT2D eigenvalue weighted by atomic mass is 9.93. The van der Waals surface area contributed by atoms with Crippen LogP contribution >= 0.6 is 11.8 Å². The summed E-state index contributed by atoms with van der Waals surface area (Å²) in [5.74, 6) is 0.854. The number of pyridine rings is 1. The first-order valence-electron chi connectivity index (χ1n) is 9.76. The Labute approximate surface area is 175 Å². The van der Waals surface area contributed by atoms with Crippen LogP contribution in [0.2, 0.25) is 0 Å². The highest BCUT2D eigenvalue weighted by atomic mass is 32.2. The maximum atomic E-state index is 12.4. The lowest BCUT2D eigenvalue weighted by molar-refractivity contribution is 0.736. The Morgan fingerprint density at radius 3 is 2.14 bits per heavy atom. The summed E-state index contributed by atoms with van der Waals surface area (Å²) in [7, 11) is 0. The van der Waals surface area contributed by atoms with Crippen molar-refractivity contribution >= 4 is 11.8 Å². The summed E-state index contributed by atoms with van der Waals surface area (Å²) >= 11 is 1.77. The highest BCUT2D eigenvalue weighted by Gasteiger charge is 2.10. The van der Waals surface area contributed by atoms with Gasteiger partial charge in [-0.15, -0.1) is 11.8 Å². The molecule has 1 heterocycles. The van der Waals surface area contributed by atoms with Crippen LogP contribution in [0.3, 0.4) is 0 Å². The van der Waals surface area contributed by atoms with Gasteiger partial charge < -0.3 is 4.57 Å². The summed E-state index contributed by atoms with van der Waals surface area (Å²) in [5, 5.41) is 0. The predicted octanol–water partition coefficient (Wildman–Crippen LogP) is 6.28. The maximum absolute atomic E-state index is 12.4. The normalized spacial score (nSPS) is 10.8. The van der Waals surface area contributed by atoms with Gasteiger partial charge >= 0.3 is 0 Å². The van der Waals surface area contributed by atoms with Crippen molar-refractivity contribution in [1.29, 1.82) is 0 Å². The minimum absolute atomic E-state index is 0.0378. The van der Waals surface area contributed by atoms with E-state index in [1.165, 1.54) is 21.6 Å². The van der Waals surface area contributed by atoms with E-state index in [4.69, 9.17) is 0 Å². The van der Waals surface area contributed by atoms with Gasteiger partial charge in [0.25, 0.3) is 5.56 Å². The summed E-state index contributed by atoms with van der Waals surface area (Å²) in [6.45, 7) is 2.81. The Kier molecular flexibility index (Phi) is 5.97. The van der Waals surface area contributed by atoms with Crippen LogP contribution in [-0.2, 0) is 6.54 Å². The van der Waals surface area contributed by atoms with Gasteiger partial charge in [-0.05, 0) is 52.9 Å². The van der Waals surface area contributed by atoms with Crippen molar-refractivity contribution in [2.75, 3.05) is 5.75 Å². The van der Waals surface area contributed by atoms with E-state index in [1.54, 1.807) is 17.8 Å². The first-order chi connectivity index (χ1) is 14.2. The Bertz CT molecular complexity index is 1160. The zero-order valence-corrected chi connectivity index (χ0v) is 17.2. The van der Waals surface area contributed by atoms with Crippen molar-refractivity contribution in [2.45, 2.75) is 18.4 Å². The van der Waals surface area contributed by atoms with Gasteiger partial charge in [0, 0.05) is 29.5 Å². The molecular weight excluding hydrogens is 374 g/mol. The van der Waals surface area contributed by atoms with Crippen LogP contribution in [0.4, 0.5) is 0 Å². The number of nitrogens with zero attached hydrogens (tertiary/aromatic N) is 1. The average molecular weight is 398 g/mol. The topological polar surface area (TPSA) is 22.0 Å². The quantitative estimate of drug-likeness (QED) is 0.357. The molecule has 3 heteroatoms. The van der Waals surface area contributed by atoms with Crippen molar-refractivity contribution in [2.24, 2.45) is 0 Å². The van der Waals surface area contributed by atoms with Crippen LogP contribution in [0.15, 0.2) is 107 Å². The van der Waals surface area contributed by atoms with Gasteiger partial charge in [-0.25, -0.2) is 0 Å². The molecule has 4 aromatic rings. The molecule has 4 rings (SSSR count). The molecule has 0 fully saturated rings. The van der Waals surface area contributed by atoms with E-state index in [0.29, 0.717) is 6.54 Å². The second-order valence-electron chi connectivity index (χ2n) is 6.97. The maximum Gasteiger partial charge on any atom is 0.250 e. The molecule has 0 amide bonds. The van der Waals surface area contributed by atoms with Crippen LogP contribution in [-0.4, -0.2) is 10.3 Å². The molecule has 0 radical (unpaired) electrons. The van der Waals surface area contributed by atoms with E-state index in [2.05, 4.69) is 67.6 Å². The first kappa shape index (κ1) is 19.3. The molecular formula is C26H23NOS. The Morgan fingerprint density at radius 2 is 1.38 bits per heavy atom. The Balaban J connectivity index is 1.63. The predicted molar refractivity (Wildman–Crippen MR) is 123 cm³/mol. The van der Waals surface area contributed by atoms with Crippen molar-refractivity contribution in [3.63, 3.8) is 0 Å². The minimum atomic E-state index is 0.0378. The largest absolute Gasteiger partial charge is 0.314 e. The fourth-order valence-electron chi connectivity index (χ4n) is 3.49. The summed E-state index contributed by atoms with van der Waals surface area (Å²) in [4.78, 5) is 13.6. The molecule has 2 nitrogen and oxygen atoms in total. The van der Waals surface area contributed by atoms with Gasteiger partial charge in [0.05, 0.1) is 0 Å². The molecule has 0 N–H and O–H groups in total. The van der Waals surface area contributed by atoms with Gasteiger partial charge in [0.2, 0.25) is 0 Å². The lowest BCUT2D eigenvalue weighted by Crippen LogP contribution is -2.19. The zero-order valence-electron chi connectivity index (χ0n) is 16.4. The van der Waals surface area contributed by atoms with Crippen LogP contribution in [0, 0.1) is 6.92 Å². The third kappa shape index (κ3) is 4.52. The highest BCUT2D eigenvalue weighted by molar-refractivity contribution is 7.99. The molecule has 29 heavy (non-hydrogen) atoms. The number of thioether (sulfide) groups is 1. The van der Waals surface area contributed by atoms with Gasteiger partial charge in [-0.3, -0.25) is 4.79 Å². The van der Waals surface area contributed by atoms with Crippen LogP contribution in [0.5, 0.6) is 0 Å². The number of benzene rings is 3. The summed E-state index contributed by atoms with van der Waals surface area (Å²) in [6.07, 6.45) is 1.99. The van der Waals surface area contributed by atoms with E-state index in [-0.39, 0.29) is 5.56 Å². The first-order valence-corrected chi connectivity index (χ1v) is 10.7. The number of aromatic nitrogens is 1. The van der Waals surface area contributed by atoms with Gasteiger partial charge in [0.1, 0.15) is 0 Å². The molecule has 0 unspecified atom stereocenters. The summed E-state index contributed by atoms with van der Waals surface area (Å²) in [6, 6.07) is 30.7. The second-order valence-corrected chi connectivity index (χ2v) is 8.14. The number of rotatable bonds is 6. The van der Waals surface area contributed by atoms with Crippen molar-refractivity contribution in [3.8, 4) is 22.3 Å².